The summed E-state index contributed by atoms with van der Waals surface area (Å²) in [7, 11) is 0. The van der Waals surface area contributed by atoms with Crippen LogP contribution in [0.1, 0.15) is 6.23 Å². The Balaban J connectivity index is 2.28. The number of aromatic nitrogens is 2. The van der Waals surface area contributed by atoms with Crippen LogP contribution in [0, 0.1) is 10.1 Å². The van der Waals surface area contributed by atoms with Gasteiger partial charge in [0, 0.05) is 0 Å². The summed E-state index contributed by atoms with van der Waals surface area (Å²) in [6.07, 6.45) is -0.614. The van der Waals surface area contributed by atoms with E-state index in [-0.39, 0.29) is 10.5 Å². The third kappa shape index (κ3) is 2.27. The molecule has 2 heterocycles. The van der Waals surface area contributed by atoms with Crippen molar-refractivity contribution in [1.82, 2.24) is 9.55 Å². The van der Waals surface area contributed by atoms with Crippen molar-refractivity contribution >= 4 is 28.5 Å². The zero-order valence-electron chi connectivity index (χ0n) is 8.51. The topological polar surface area (TPSA) is 111 Å². The molecule has 0 aliphatic carbocycles. The molecule has 0 saturated carbocycles. The highest BCUT2D eigenvalue weighted by Gasteiger charge is 2.41. The zero-order chi connectivity index (χ0) is 12.6. The Hall–Kier alpha value is -0.780. The Morgan fingerprint density at radius 1 is 1.59 bits per heavy atom. The van der Waals surface area contributed by atoms with Gasteiger partial charge < -0.3 is 25.1 Å². The molecule has 17 heavy (non-hydrogen) atoms. The highest BCUT2D eigenvalue weighted by atomic mass is 125. The van der Waals surface area contributed by atoms with Crippen molar-refractivity contribution in [2.24, 2.45) is 0 Å². The minimum absolute atomic E-state index is 0.207. The second kappa shape index (κ2) is 4.84. The van der Waals surface area contributed by atoms with Crippen molar-refractivity contribution in [2.45, 2.75) is 22.4 Å². The molecule has 1 aliphatic heterocycles. The van der Waals surface area contributed by atoms with Gasteiger partial charge in [0.2, 0.25) is 6.23 Å². The van der Waals surface area contributed by atoms with E-state index in [2.05, 4.69) is 4.98 Å². The van der Waals surface area contributed by atoms with Crippen LogP contribution < -0.4 is 0 Å². The maximum Gasteiger partial charge on any atom is 0.436 e. The van der Waals surface area contributed by atoms with Crippen LogP contribution in [0.25, 0.3) is 0 Å². The molecule has 0 radical (unpaired) electrons. The van der Waals surface area contributed by atoms with Crippen LogP contribution in [-0.4, -0.2) is 47.4 Å². The van der Waals surface area contributed by atoms with Crippen molar-refractivity contribution in [2.75, 3.05) is 6.61 Å². The maximum atomic E-state index is 10.7. The summed E-state index contributed by atoms with van der Waals surface area (Å²) < 4.78 is 6.17. The van der Waals surface area contributed by atoms with E-state index in [4.69, 9.17) is 4.74 Å². The summed E-state index contributed by atoms with van der Waals surface area (Å²) in [5, 5.41) is 30.2. The van der Waals surface area contributed by atoms with Gasteiger partial charge in [0.1, 0.15) is 18.5 Å². The molecule has 0 bridgehead atoms. The van der Waals surface area contributed by atoms with E-state index in [0.717, 1.165) is 4.57 Å². The maximum absolute atomic E-state index is 10.7. The molecule has 0 spiro atoms. The molecule has 1 fully saturated rings. The molecule has 1 aromatic rings. The first-order valence-corrected chi connectivity index (χ1v) is 6.06. The third-order valence-electron chi connectivity index (χ3n) is 2.52. The predicted octanol–water partition coefficient (Wildman–Crippen LogP) is -0.155. The first-order valence-electron chi connectivity index (χ1n) is 4.81. The van der Waals surface area contributed by atoms with E-state index in [9.17, 15) is 20.3 Å². The first kappa shape index (κ1) is 12.7. The highest BCUT2D eigenvalue weighted by molar-refractivity contribution is 14.1. The van der Waals surface area contributed by atoms with E-state index in [1.165, 1.54) is 12.4 Å². The summed E-state index contributed by atoms with van der Waals surface area (Å²) in [5.74, 6) is -0.423. The minimum Gasteiger partial charge on any atom is -0.390 e. The van der Waals surface area contributed by atoms with Crippen LogP contribution in [0.2, 0.25) is 0 Å². The third-order valence-corrected chi connectivity index (χ3v) is 3.62. The normalized spacial score (nSPS) is 33.6. The van der Waals surface area contributed by atoms with E-state index in [1.54, 1.807) is 0 Å². The van der Waals surface area contributed by atoms with Gasteiger partial charge >= 0.3 is 5.95 Å². The van der Waals surface area contributed by atoms with Gasteiger partial charge in [0.05, 0.1) is 16.6 Å². The Labute approximate surface area is 110 Å². The number of ether oxygens (including phenoxy) is 1. The summed E-state index contributed by atoms with van der Waals surface area (Å²) in [4.78, 5) is 13.6. The fourth-order valence-electron chi connectivity index (χ4n) is 1.66. The molecule has 0 aromatic carbocycles. The molecular formula is C8H10IN3O5. The van der Waals surface area contributed by atoms with Gasteiger partial charge in [-0.2, -0.15) is 4.57 Å². The molecule has 2 rings (SSSR count). The number of aliphatic hydroxyl groups excluding tert-OH is 2. The van der Waals surface area contributed by atoms with E-state index in [0.29, 0.717) is 0 Å². The lowest BCUT2D eigenvalue weighted by Gasteiger charge is -2.33. The lowest BCUT2D eigenvalue weighted by molar-refractivity contribution is -0.399. The molecule has 1 aliphatic rings. The number of imidazole rings is 1. The van der Waals surface area contributed by atoms with Gasteiger partial charge in [-0.3, -0.25) is 0 Å². The molecule has 1 saturated heterocycles. The first-order chi connectivity index (χ1) is 8.02. The van der Waals surface area contributed by atoms with Gasteiger partial charge in [0.25, 0.3) is 0 Å². The van der Waals surface area contributed by atoms with Crippen LogP contribution in [0.3, 0.4) is 0 Å². The Kier molecular flexibility index (Phi) is 3.61. The van der Waals surface area contributed by atoms with Crippen molar-refractivity contribution in [3.05, 3.63) is 22.5 Å². The molecule has 2 N–H and O–H groups in total. The average molecular weight is 353 g/mol. The predicted molar refractivity (Wildman–Crippen MR) is 63.7 cm³/mol. The van der Waals surface area contributed by atoms with Gasteiger partial charge in [-0.25, -0.2) is 0 Å². The fraction of sp³-hybridized carbons (Fsp3) is 0.625. The van der Waals surface area contributed by atoms with Crippen LogP contribution in [-0.2, 0) is 4.74 Å². The molecule has 1 aromatic heterocycles. The number of rotatable bonds is 2. The van der Waals surface area contributed by atoms with Crippen LogP contribution >= 0.6 is 22.6 Å². The van der Waals surface area contributed by atoms with E-state index < -0.39 is 29.3 Å². The molecule has 0 amide bonds. The zero-order valence-corrected chi connectivity index (χ0v) is 10.7. The number of aliphatic hydroxyl groups is 2. The molecule has 94 valence electrons. The van der Waals surface area contributed by atoms with Gasteiger partial charge in [-0.05, 0) is 4.92 Å². The summed E-state index contributed by atoms with van der Waals surface area (Å²) in [6.45, 7) is 0.207. The van der Waals surface area contributed by atoms with Crippen molar-refractivity contribution in [1.29, 1.82) is 0 Å². The quantitative estimate of drug-likeness (QED) is 0.331. The number of nitrogens with zero attached hydrogens (tertiary/aromatic N) is 3. The largest absolute Gasteiger partial charge is 0.436 e. The summed E-state index contributed by atoms with van der Waals surface area (Å²) >= 11 is 1.95. The van der Waals surface area contributed by atoms with Crippen LogP contribution in [0.4, 0.5) is 5.95 Å². The molecule has 4 atom stereocenters. The van der Waals surface area contributed by atoms with Gasteiger partial charge in [-0.1, -0.05) is 27.6 Å². The Bertz CT molecular complexity index is 425. The molecule has 8 nitrogen and oxygen atoms in total. The second-order valence-electron chi connectivity index (χ2n) is 3.61. The summed E-state index contributed by atoms with van der Waals surface area (Å²) in [6, 6.07) is 0. The van der Waals surface area contributed by atoms with Gasteiger partial charge in [0.15, 0.2) is 0 Å². The van der Waals surface area contributed by atoms with Crippen molar-refractivity contribution < 1.29 is 19.9 Å². The minimum atomic E-state index is -1.22. The molecular weight excluding hydrogens is 343 g/mol. The lowest BCUT2D eigenvalue weighted by atomic mass is 10.1. The average Bonchev–Trinajstić information content (AvgIpc) is 2.75. The summed E-state index contributed by atoms with van der Waals surface area (Å²) in [5.41, 5.74) is 0. The highest BCUT2D eigenvalue weighted by Crippen LogP contribution is 2.30. The number of hydrogen-bond acceptors (Lipinski definition) is 6. The van der Waals surface area contributed by atoms with E-state index >= 15 is 0 Å². The van der Waals surface area contributed by atoms with Crippen LogP contribution in [0.15, 0.2) is 12.4 Å². The smallest absolute Gasteiger partial charge is 0.390 e. The number of nitro groups is 1. The van der Waals surface area contributed by atoms with Crippen molar-refractivity contribution in [3.63, 3.8) is 0 Å². The second-order valence-corrected chi connectivity index (χ2v) is 5.21. The number of hydrogen-bond donors (Lipinski definition) is 2. The SMILES string of the molecule is O=[N+]([O-])c1nccn1[C@@H]1OC[C@@H]([125I])[C@H](O)[C@H]1O. The van der Waals surface area contributed by atoms with Gasteiger partial charge in [-0.15, -0.1) is 0 Å². The Morgan fingerprint density at radius 3 is 2.94 bits per heavy atom. The monoisotopic (exact) mass is 353 g/mol. The standard InChI is InChI=1S/C8H10IN3O5/c9-4-3-17-7(6(14)5(4)13)11-2-1-10-8(11)12(15)16/h1-2,4-7,13-14H,3H2/t4-,5+,6-,7-/m1/s1/i9-2. The van der Waals surface area contributed by atoms with E-state index in [1.807, 2.05) is 22.6 Å². The number of alkyl halides is 1. The fourth-order valence-corrected chi connectivity index (χ4v) is 2.29. The molecule has 0 unspecified atom stereocenters. The lowest BCUT2D eigenvalue weighted by Crippen LogP contribution is -2.48. The van der Waals surface area contributed by atoms with Crippen LogP contribution in [0.5, 0.6) is 0 Å². The van der Waals surface area contributed by atoms with Crippen molar-refractivity contribution in [3.8, 4) is 0 Å². The molecule has 9 heteroatoms. The number of halogens is 1. The Morgan fingerprint density at radius 2 is 2.29 bits per heavy atom.